The van der Waals surface area contributed by atoms with Crippen molar-refractivity contribution in [3.8, 4) is 17.2 Å². The molecule has 0 spiro atoms. The van der Waals surface area contributed by atoms with E-state index in [4.69, 9.17) is 14.2 Å². The van der Waals surface area contributed by atoms with Crippen LogP contribution in [0.2, 0.25) is 0 Å². The Morgan fingerprint density at radius 2 is 1.96 bits per heavy atom. The van der Waals surface area contributed by atoms with Gasteiger partial charge in [0, 0.05) is 6.54 Å². The van der Waals surface area contributed by atoms with Gasteiger partial charge in [-0.3, -0.25) is 9.59 Å². The van der Waals surface area contributed by atoms with Crippen LogP contribution in [0.4, 0.5) is 5.69 Å². The number of rotatable bonds is 3. The third kappa shape index (κ3) is 2.63. The largest absolute Gasteiger partial charge is 0.466 e. The fraction of sp³-hybridized carbons (Fsp3) is 0.222. The summed E-state index contributed by atoms with van der Waals surface area (Å²) in [6.07, 6.45) is 0. The fourth-order valence-corrected chi connectivity index (χ4v) is 2.72. The third-order valence-electron chi connectivity index (χ3n) is 4.21. The average molecular weight is 340 g/mol. The van der Waals surface area contributed by atoms with Crippen LogP contribution in [0.15, 0.2) is 42.5 Å². The second kappa shape index (κ2) is 5.70. The lowest BCUT2D eigenvalue weighted by Gasteiger charge is -2.33. The Morgan fingerprint density at radius 1 is 1.16 bits per heavy atom. The number of anilines is 1. The molecule has 0 bridgehead atoms. The summed E-state index contributed by atoms with van der Waals surface area (Å²) in [5.41, 5.74) is -0.253. The normalized spacial score (nSPS) is 20.3. The molecule has 0 radical (unpaired) electrons. The third-order valence-corrected chi connectivity index (χ3v) is 4.21. The lowest BCUT2D eigenvalue weighted by Crippen LogP contribution is -2.58. The van der Waals surface area contributed by atoms with Crippen LogP contribution in [-0.4, -0.2) is 24.2 Å². The van der Waals surface area contributed by atoms with E-state index in [9.17, 15) is 9.59 Å². The van der Waals surface area contributed by atoms with Gasteiger partial charge in [0.25, 0.3) is 17.4 Å². The van der Waals surface area contributed by atoms with E-state index in [1.54, 1.807) is 36.4 Å². The number of amides is 2. The van der Waals surface area contributed by atoms with Crippen LogP contribution in [0.25, 0.3) is 0 Å². The highest BCUT2D eigenvalue weighted by Gasteiger charge is 2.47. The Hall–Kier alpha value is -3.22. The molecule has 0 aliphatic carbocycles. The first-order chi connectivity index (χ1) is 12.1. The van der Waals surface area contributed by atoms with E-state index in [1.165, 1.54) is 6.92 Å². The van der Waals surface area contributed by atoms with Gasteiger partial charge in [-0.15, -0.1) is 0 Å². The number of para-hydroxylation sites is 2. The molecule has 25 heavy (non-hydrogen) atoms. The van der Waals surface area contributed by atoms with Crippen molar-refractivity contribution in [2.75, 3.05) is 12.1 Å². The van der Waals surface area contributed by atoms with Crippen LogP contribution in [0.5, 0.6) is 17.2 Å². The second-order valence-corrected chi connectivity index (χ2v) is 5.96. The van der Waals surface area contributed by atoms with Gasteiger partial charge in [0.15, 0.2) is 11.5 Å². The van der Waals surface area contributed by atoms with Gasteiger partial charge in [-0.25, -0.2) is 0 Å². The number of nitrogens with one attached hydrogen (secondary N) is 2. The van der Waals surface area contributed by atoms with Crippen molar-refractivity contribution in [2.24, 2.45) is 0 Å². The number of fused-ring (bicyclic) bond motifs is 2. The molecule has 2 heterocycles. The number of hydrogen-bond acceptors (Lipinski definition) is 5. The Bertz CT molecular complexity index is 866. The summed E-state index contributed by atoms with van der Waals surface area (Å²) in [5.74, 6) is 0.751. The minimum atomic E-state index is -1.63. The predicted octanol–water partition coefficient (Wildman–Crippen LogP) is 1.82. The minimum Gasteiger partial charge on any atom is -0.466 e. The highest BCUT2D eigenvalue weighted by atomic mass is 16.7. The molecule has 0 saturated heterocycles. The molecule has 1 unspecified atom stereocenters. The minimum absolute atomic E-state index is 0.191. The summed E-state index contributed by atoms with van der Waals surface area (Å²) in [7, 11) is 0. The predicted molar refractivity (Wildman–Crippen MR) is 88.5 cm³/mol. The first kappa shape index (κ1) is 15.3. The smallest absolute Gasteiger partial charge is 0.278 e. The molecule has 2 aromatic carbocycles. The van der Waals surface area contributed by atoms with Gasteiger partial charge in [-0.1, -0.05) is 18.2 Å². The second-order valence-electron chi connectivity index (χ2n) is 5.96. The lowest BCUT2D eigenvalue weighted by molar-refractivity contribution is -0.146. The Balaban J connectivity index is 1.48. The van der Waals surface area contributed by atoms with E-state index in [-0.39, 0.29) is 13.3 Å². The number of hydrogen-bond donors (Lipinski definition) is 2. The van der Waals surface area contributed by atoms with Gasteiger partial charge in [0.1, 0.15) is 5.75 Å². The van der Waals surface area contributed by atoms with Crippen LogP contribution >= 0.6 is 0 Å². The Morgan fingerprint density at radius 3 is 2.84 bits per heavy atom. The summed E-state index contributed by atoms with van der Waals surface area (Å²) in [6.45, 7) is 1.88. The molecule has 2 aliphatic rings. The van der Waals surface area contributed by atoms with E-state index in [2.05, 4.69) is 10.6 Å². The summed E-state index contributed by atoms with van der Waals surface area (Å²) < 4.78 is 16.3. The first-order valence-corrected chi connectivity index (χ1v) is 7.82. The summed E-state index contributed by atoms with van der Waals surface area (Å²) in [5, 5.41) is 5.44. The van der Waals surface area contributed by atoms with Crippen molar-refractivity contribution in [2.45, 2.75) is 19.1 Å². The highest BCUT2D eigenvalue weighted by Crippen LogP contribution is 2.34. The molecule has 2 aliphatic heterocycles. The molecule has 2 aromatic rings. The fourth-order valence-electron chi connectivity index (χ4n) is 2.72. The van der Waals surface area contributed by atoms with Crippen molar-refractivity contribution >= 4 is 17.5 Å². The van der Waals surface area contributed by atoms with Crippen LogP contribution < -0.4 is 24.8 Å². The number of carbonyl (C=O) groups excluding carboxylic acids is 2. The van der Waals surface area contributed by atoms with Gasteiger partial charge in [-0.05, 0) is 36.8 Å². The van der Waals surface area contributed by atoms with E-state index in [0.29, 0.717) is 22.9 Å². The quantitative estimate of drug-likeness (QED) is 0.833. The topological polar surface area (TPSA) is 85.9 Å². The van der Waals surface area contributed by atoms with Crippen molar-refractivity contribution in [3.05, 3.63) is 48.0 Å². The van der Waals surface area contributed by atoms with Crippen molar-refractivity contribution in [3.63, 3.8) is 0 Å². The van der Waals surface area contributed by atoms with Crippen LogP contribution in [0.3, 0.4) is 0 Å². The van der Waals surface area contributed by atoms with Crippen LogP contribution in [-0.2, 0) is 16.1 Å². The molecule has 1 atom stereocenters. The van der Waals surface area contributed by atoms with Gasteiger partial charge < -0.3 is 24.8 Å². The molecule has 128 valence electrons. The van der Waals surface area contributed by atoms with Crippen LogP contribution in [0.1, 0.15) is 12.5 Å². The van der Waals surface area contributed by atoms with Gasteiger partial charge in [0.05, 0.1) is 5.69 Å². The number of carbonyl (C=O) groups is 2. The van der Waals surface area contributed by atoms with Gasteiger partial charge in [0.2, 0.25) is 6.79 Å². The zero-order chi connectivity index (χ0) is 17.4. The maximum atomic E-state index is 12.6. The standard InChI is InChI=1S/C18H16N2O5/c1-18(17(22)20-12-4-2-3-5-13(12)25-18)16(21)19-9-11-6-7-14-15(8-11)24-10-23-14/h2-8H,9-10H2,1H3,(H,19,21)(H,20,22). The average Bonchev–Trinajstić information content (AvgIpc) is 3.08. The Labute approximate surface area is 143 Å². The summed E-state index contributed by atoms with van der Waals surface area (Å²) in [4.78, 5) is 24.9. The zero-order valence-corrected chi connectivity index (χ0v) is 13.5. The maximum absolute atomic E-state index is 12.6. The van der Waals surface area contributed by atoms with Crippen LogP contribution in [0, 0.1) is 0 Å². The zero-order valence-electron chi connectivity index (χ0n) is 13.5. The SMILES string of the molecule is CC1(C(=O)NCc2ccc3c(c2)OCO3)Oc2ccccc2NC1=O. The Kier molecular flexibility index (Phi) is 3.49. The number of benzene rings is 2. The van der Waals surface area contributed by atoms with E-state index >= 15 is 0 Å². The molecule has 0 saturated carbocycles. The van der Waals surface area contributed by atoms with Crippen molar-refractivity contribution in [1.82, 2.24) is 5.32 Å². The highest BCUT2D eigenvalue weighted by molar-refractivity contribution is 6.15. The van der Waals surface area contributed by atoms with E-state index in [1.807, 2.05) is 6.07 Å². The maximum Gasteiger partial charge on any atom is 0.278 e. The van der Waals surface area contributed by atoms with Crippen molar-refractivity contribution in [1.29, 1.82) is 0 Å². The molecule has 2 N–H and O–H groups in total. The molecule has 0 fully saturated rings. The molecular formula is C18H16N2O5. The van der Waals surface area contributed by atoms with Gasteiger partial charge >= 0.3 is 0 Å². The molecule has 4 rings (SSSR count). The van der Waals surface area contributed by atoms with Crippen molar-refractivity contribution < 1.29 is 23.8 Å². The molecular weight excluding hydrogens is 324 g/mol. The number of ether oxygens (including phenoxy) is 3. The van der Waals surface area contributed by atoms with Gasteiger partial charge in [-0.2, -0.15) is 0 Å². The lowest BCUT2D eigenvalue weighted by atomic mass is 10.0. The first-order valence-electron chi connectivity index (χ1n) is 7.82. The van der Waals surface area contributed by atoms with E-state index in [0.717, 1.165) is 5.56 Å². The van der Waals surface area contributed by atoms with E-state index < -0.39 is 17.4 Å². The monoisotopic (exact) mass is 340 g/mol. The molecule has 7 nitrogen and oxygen atoms in total. The molecule has 2 amide bonds. The molecule has 0 aromatic heterocycles. The molecule has 7 heteroatoms. The summed E-state index contributed by atoms with van der Waals surface area (Å²) >= 11 is 0. The summed E-state index contributed by atoms with van der Waals surface area (Å²) in [6, 6.07) is 12.4.